The number of ether oxygens (including phenoxy) is 1. The average molecular weight is 290 g/mol. The number of carbonyl (C=O) groups excluding carboxylic acids is 2. The summed E-state index contributed by atoms with van der Waals surface area (Å²) in [4.78, 5) is 29.4. The highest BCUT2D eigenvalue weighted by Crippen LogP contribution is 2.21. The lowest BCUT2D eigenvalue weighted by Gasteiger charge is -2.01. The summed E-state index contributed by atoms with van der Waals surface area (Å²) in [5.74, 6) is -4.12. The zero-order valence-electron chi connectivity index (χ0n) is 9.51. The van der Waals surface area contributed by atoms with Crippen molar-refractivity contribution in [1.29, 1.82) is 0 Å². The second kappa shape index (κ2) is 5.15. The molecular weight excluding hydrogens is 285 g/mol. The van der Waals surface area contributed by atoms with Crippen LogP contribution < -0.4 is 0 Å². The third kappa shape index (κ3) is 3.43. The largest absolute Gasteiger partial charge is 0.436 e. The number of hydrogen-bond donors (Lipinski definition) is 0. The van der Waals surface area contributed by atoms with Crippen LogP contribution in [0.5, 0.6) is 0 Å². The quantitative estimate of drug-likeness (QED) is 0.627. The molecule has 0 N–H and O–H groups in total. The van der Waals surface area contributed by atoms with Gasteiger partial charge in [-0.2, -0.15) is 13.2 Å². The number of alkyl halides is 3. The van der Waals surface area contributed by atoms with Crippen molar-refractivity contribution in [3.05, 3.63) is 36.2 Å². The summed E-state index contributed by atoms with van der Waals surface area (Å²) in [6.45, 7) is 0. The monoisotopic (exact) mass is 290 g/mol. The van der Waals surface area contributed by atoms with Crippen LogP contribution in [0.25, 0.3) is 0 Å². The van der Waals surface area contributed by atoms with Crippen molar-refractivity contribution in [2.24, 2.45) is 0 Å². The second-order valence-electron chi connectivity index (χ2n) is 3.45. The summed E-state index contributed by atoms with van der Waals surface area (Å²) in [5.41, 5.74) is 0. The van der Waals surface area contributed by atoms with E-state index in [1.165, 1.54) is 0 Å². The summed E-state index contributed by atoms with van der Waals surface area (Å²) >= 11 is 0. The van der Waals surface area contributed by atoms with Crippen LogP contribution in [0, 0.1) is 0 Å². The highest BCUT2D eigenvalue weighted by molar-refractivity contribution is 5.99. The zero-order valence-corrected chi connectivity index (χ0v) is 9.51. The molecule has 0 aliphatic rings. The van der Waals surface area contributed by atoms with Gasteiger partial charge in [0.1, 0.15) is 6.42 Å². The SMILES string of the molecule is O=C(OC(=O)c1cnc(CC(F)(F)F)o1)c1cnco1. The van der Waals surface area contributed by atoms with E-state index in [2.05, 4.69) is 23.5 Å². The van der Waals surface area contributed by atoms with Crippen molar-refractivity contribution >= 4 is 11.9 Å². The van der Waals surface area contributed by atoms with Crippen LogP contribution in [0.3, 0.4) is 0 Å². The molecule has 0 aromatic carbocycles. The molecular formula is C10H5F3N2O5. The first kappa shape index (κ1) is 13.8. The third-order valence-electron chi connectivity index (χ3n) is 1.93. The van der Waals surface area contributed by atoms with Gasteiger partial charge >= 0.3 is 18.1 Å². The van der Waals surface area contributed by atoms with Crippen LogP contribution in [0.1, 0.15) is 27.0 Å². The van der Waals surface area contributed by atoms with Crippen molar-refractivity contribution in [3.8, 4) is 0 Å². The smallest absolute Gasteiger partial charge is 0.397 e. The molecule has 0 aliphatic carbocycles. The van der Waals surface area contributed by atoms with Gasteiger partial charge in [-0.25, -0.2) is 19.6 Å². The average Bonchev–Trinajstić information content (AvgIpc) is 2.96. The Labute approximate surface area is 108 Å². The summed E-state index contributed by atoms with van der Waals surface area (Å²) < 4.78 is 49.6. The van der Waals surface area contributed by atoms with E-state index in [1.807, 2.05) is 0 Å². The predicted molar refractivity (Wildman–Crippen MR) is 52.5 cm³/mol. The molecule has 0 atom stereocenters. The predicted octanol–water partition coefficient (Wildman–Crippen LogP) is 1.76. The summed E-state index contributed by atoms with van der Waals surface area (Å²) in [7, 11) is 0. The molecule has 0 fully saturated rings. The molecule has 2 heterocycles. The fourth-order valence-electron chi connectivity index (χ4n) is 1.16. The molecule has 0 amide bonds. The molecule has 0 radical (unpaired) electrons. The van der Waals surface area contributed by atoms with E-state index in [4.69, 9.17) is 0 Å². The second-order valence-corrected chi connectivity index (χ2v) is 3.45. The van der Waals surface area contributed by atoms with E-state index in [-0.39, 0.29) is 5.76 Å². The fourth-order valence-corrected chi connectivity index (χ4v) is 1.16. The standard InChI is InChI=1S/C10H5F3N2O5/c11-10(12,13)1-7-15-3-6(19-7)9(17)20-8(16)5-2-14-4-18-5/h2-4H,1H2. The van der Waals surface area contributed by atoms with E-state index >= 15 is 0 Å². The van der Waals surface area contributed by atoms with Gasteiger partial charge in [-0.1, -0.05) is 0 Å². The number of carbonyl (C=O) groups is 2. The number of hydrogen-bond acceptors (Lipinski definition) is 7. The molecule has 0 saturated heterocycles. The molecule has 0 unspecified atom stereocenters. The Morgan fingerprint density at radius 1 is 1.20 bits per heavy atom. The van der Waals surface area contributed by atoms with Crippen molar-refractivity contribution in [1.82, 2.24) is 9.97 Å². The lowest BCUT2D eigenvalue weighted by Crippen LogP contribution is -2.12. The van der Waals surface area contributed by atoms with Crippen molar-refractivity contribution < 1.29 is 36.3 Å². The normalized spacial score (nSPS) is 11.3. The Bertz CT molecular complexity index is 617. The topological polar surface area (TPSA) is 95.4 Å². The van der Waals surface area contributed by atoms with E-state index in [1.54, 1.807) is 0 Å². The molecule has 2 aromatic heterocycles. The van der Waals surface area contributed by atoms with E-state index in [0.717, 1.165) is 18.8 Å². The van der Waals surface area contributed by atoms with E-state index < -0.39 is 36.2 Å². The van der Waals surface area contributed by atoms with Crippen LogP contribution in [0.2, 0.25) is 0 Å². The lowest BCUT2D eigenvalue weighted by molar-refractivity contribution is -0.130. The first-order valence-electron chi connectivity index (χ1n) is 5.01. The third-order valence-corrected chi connectivity index (χ3v) is 1.93. The maximum absolute atomic E-state index is 12.1. The number of oxazole rings is 2. The lowest BCUT2D eigenvalue weighted by atomic mass is 10.4. The molecule has 10 heteroatoms. The molecule has 0 bridgehead atoms. The Kier molecular flexibility index (Phi) is 3.55. The van der Waals surface area contributed by atoms with Crippen LogP contribution in [0.4, 0.5) is 13.2 Å². The van der Waals surface area contributed by atoms with Crippen molar-refractivity contribution in [2.75, 3.05) is 0 Å². The van der Waals surface area contributed by atoms with Gasteiger partial charge in [-0.15, -0.1) is 0 Å². The summed E-state index contributed by atoms with van der Waals surface area (Å²) in [5, 5.41) is 0. The molecule has 2 aromatic rings. The van der Waals surface area contributed by atoms with Crippen LogP contribution >= 0.6 is 0 Å². The number of halogens is 3. The fraction of sp³-hybridized carbons (Fsp3) is 0.200. The van der Waals surface area contributed by atoms with Gasteiger partial charge in [0.2, 0.25) is 17.4 Å². The number of rotatable bonds is 3. The van der Waals surface area contributed by atoms with E-state index in [0.29, 0.717) is 0 Å². The molecule has 7 nitrogen and oxygen atoms in total. The maximum Gasteiger partial charge on any atom is 0.397 e. The Balaban J connectivity index is 2.01. The van der Waals surface area contributed by atoms with Gasteiger partial charge in [-0.3, -0.25) is 0 Å². The molecule has 0 spiro atoms. The minimum absolute atomic E-state index is 0.339. The Morgan fingerprint density at radius 3 is 2.50 bits per heavy atom. The molecule has 20 heavy (non-hydrogen) atoms. The molecule has 2 rings (SSSR count). The minimum Gasteiger partial charge on any atom is -0.436 e. The van der Waals surface area contributed by atoms with Gasteiger partial charge in [-0.05, 0) is 0 Å². The molecule has 0 saturated carbocycles. The van der Waals surface area contributed by atoms with Crippen molar-refractivity contribution in [2.45, 2.75) is 12.6 Å². The number of aromatic nitrogens is 2. The van der Waals surface area contributed by atoms with E-state index in [9.17, 15) is 22.8 Å². The van der Waals surface area contributed by atoms with Crippen LogP contribution in [0.15, 0.2) is 27.6 Å². The maximum atomic E-state index is 12.1. The van der Waals surface area contributed by atoms with Gasteiger partial charge in [0.05, 0.1) is 12.4 Å². The zero-order chi connectivity index (χ0) is 14.8. The van der Waals surface area contributed by atoms with Gasteiger partial charge in [0, 0.05) is 0 Å². The van der Waals surface area contributed by atoms with Crippen LogP contribution in [-0.2, 0) is 11.2 Å². The van der Waals surface area contributed by atoms with Crippen LogP contribution in [-0.4, -0.2) is 28.1 Å². The first-order chi connectivity index (χ1) is 9.35. The Hall–Kier alpha value is -2.65. The van der Waals surface area contributed by atoms with Gasteiger partial charge in [0.15, 0.2) is 6.39 Å². The highest BCUT2D eigenvalue weighted by Gasteiger charge is 2.31. The van der Waals surface area contributed by atoms with Crippen molar-refractivity contribution in [3.63, 3.8) is 0 Å². The highest BCUT2D eigenvalue weighted by atomic mass is 19.4. The molecule has 106 valence electrons. The summed E-state index contributed by atoms with van der Waals surface area (Å²) in [6.07, 6.45) is -3.28. The minimum atomic E-state index is -4.53. The number of esters is 2. The first-order valence-corrected chi connectivity index (χ1v) is 5.01. The summed E-state index contributed by atoms with van der Waals surface area (Å²) in [6, 6.07) is 0. The van der Waals surface area contributed by atoms with Gasteiger partial charge in [0.25, 0.3) is 0 Å². The van der Waals surface area contributed by atoms with Gasteiger partial charge < -0.3 is 13.6 Å². The Morgan fingerprint density at radius 2 is 1.90 bits per heavy atom. The molecule has 0 aliphatic heterocycles. The number of nitrogens with zero attached hydrogens (tertiary/aromatic N) is 2.